The van der Waals surface area contributed by atoms with Gasteiger partial charge in [-0.3, -0.25) is 10.2 Å². The number of aliphatic imine (C=N–C) groups is 1. The second-order valence-electron chi connectivity index (χ2n) is 11.5. The van der Waals surface area contributed by atoms with Crippen LogP contribution in [0, 0.1) is 5.82 Å². The maximum Gasteiger partial charge on any atom is 0.266 e. The van der Waals surface area contributed by atoms with Crippen LogP contribution in [0.2, 0.25) is 0 Å². The summed E-state index contributed by atoms with van der Waals surface area (Å²) in [7, 11) is 0. The van der Waals surface area contributed by atoms with Gasteiger partial charge in [-0.15, -0.1) is 0 Å². The van der Waals surface area contributed by atoms with E-state index in [2.05, 4.69) is 38.9 Å². The van der Waals surface area contributed by atoms with Gasteiger partial charge in [0.1, 0.15) is 11.6 Å². The van der Waals surface area contributed by atoms with Gasteiger partial charge in [0.15, 0.2) is 11.6 Å². The summed E-state index contributed by atoms with van der Waals surface area (Å²) in [6.07, 6.45) is 0.0148. The summed E-state index contributed by atoms with van der Waals surface area (Å²) in [5.74, 6) is 0.290. The molecule has 9 heteroatoms. The first-order valence-electron chi connectivity index (χ1n) is 15.7. The van der Waals surface area contributed by atoms with E-state index in [0.717, 1.165) is 32.3 Å². The van der Waals surface area contributed by atoms with Crippen molar-refractivity contribution in [2.24, 2.45) is 4.99 Å². The molecule has 3 N–H and O–H groups in total. The Morgan fingerprint density at radius 2 is 1.48 bits per heavy atom. The molecule has 1 aliphatic rings. The van der Waals surface area contributed by atoms with Crippen LogP contribution in [-0.2, 0) is 22.5 Å². The first kappa shape index (κ1) is 33.1. The van der Waals surface area contributed by atoms with Crippen LogP contribution >= 0.6 is 15.9 Å². The van der Waals surface area contributed by atoms with Gasteiger partial charge in [-0.2, -0.15) is 0 Å². The molecule has 5 aromatic carbocycles. The minimum absolute atomic E-state index is 0.0533. The van der Waals surface area contributed by atoms with Gasteiger partial charge in [0.2, 0.25) is 5.90 Å². The van der Waals surface area contributed by atoms with Crippen LogP contribution in [0.1, 0.15) is 34.8 Å². The molecule has 0 unspecified atom stereocenters. The predicted octanol–water partition coefficient (Wildman–Crippen LogP) is 7.34. The molecule has 0 saturated heterocycles. The van der Waals surface area contributed by atoms with Crippen LogP contribution < -0.4 is 15.6 Å². The highest BCUT2D eigenvalue weighted by Gasteiger charge is 2.53. The van der Waals surface area contributed by atoms with Crippen LogP contribution in [0.4, 0.5) is 4.39 Å². The van der Waals surface area contributed by atoms with E-state index >= 15 is 0 Å². The zero-order valence-corrected chi connectivity index (χ0v) is 27.7. The standard InChI is InChI=1S/C39H35BrFN3O4/c40-33-17-7-27(8-18-33)25-39(38(46)44-42-26-28-9-19-34(41)20-10-28)36(31-13-11-30(12-14-31)29-5-2-1-3-6-29)48-37(43-39)32-15-21-35(22-16-32)47-24-4-23-45/h1-3,5-22,36,42,45H,4,23-26H2,(H,44,46)/t36-,39-/m0/s1. The smallest absolute Gasteiger partial charge is 0.266 e. The summed E-state index contributed by atoms with van der Waals surface area (Å²) >= 11 is 3.51. The topological polar surface area (TPSA) is 92.2 Å². The van der Waals surface area contributed by atoms with Crippen LogP contribution in [-0.4, -0.2) is 35.7 Å². The number of nitrogens with one attached hydrogen (secondary N) is 2. The lowest BCUT2D eigenvalue weighted by atomic mass is 9.82. The Kier molecular flexibility index (Phi) is 10.6. The largest absolute Gasteiger partial charge is 0.494 e. The van der Waals surface area contributed by atoms with Crippen LogP contribution in [0.15, 0.2) is 137 Å². The first-order chi connectivity index (χ1) is 23.4. The van der Waals surface area contributed by atoms with E-state index in [1.54, 1.807) is 12.1 Å². The Morgan fingerprint density at radius 3 is 2.17 bits per heavy atom. The van der Waals surface area contributed by atoms with Gasteiger partial charge < -0.3 is 14.6 Å². The Bertz CT molecular complexity index is 1830. The predicted molar refractivity (Wildman–Crippen MR) is 188 cm³/mol. The molecular formula is C39H35BrFN3O4. The first-order valence-corrected chi connectivity index (χ1v) is 16.5. The number of ether oxygens (including phenoxy) is 2. The summed E-state index contributed by atoms with van der Waals surface area (Å²) in [5, 5.41) is 9.09. The van der Waals surface area contributed by atoms with Crippen molar-refractivity contribution >= 4 is 27.7 Å². The third-order valence-corrected chi connectivity index (χ3v) is 8.67. The average Bonchev–Trinajstić information content (AvgIpc) is 3.51. The molecule has 48 heavy (non-hydrogen) atoms. The van der Waals surface area contributed by atoms with Crippen molar-refractivity contribution in [3.63, 3.8) is 0 Å². The van der Waals surface area contributed by atoms with Crippen molar-refractivity contribution in [2.45, 2.75) is 31.0 Å². The van der Waals surface area contributed by atoms with Gasteiger partial charge >= 0.3 is 0 Å². The number of nitrogens with zero attached hydrogens (tertiary/aromatic N) is 1. The number of carbonyl (C=O) groups excluding carboxylic acids is 1. The third-order valence-electron chi connectivity index (χ3n) is 8.15. The van der Waals surface area contributed by atoms with E-state index in [1.165, 1.54) is 12.1 Å². The Labute approximate surface area is 287 Å². The lowest BCUT2D eigenvalue weighted by Crippen LogP contribution is -2.53. The molecule has 7 nitrogen and oxygen atoms in total. The van der Waals surface area contributed by atoms with E-state index < -0.39 is 11.6 Å². The molecule has 1 aliphatic heterocycles. The van der Waals surface area contributed by atoms with Crippen molar-refractivity contribution in [2.75, 3.05) is 13.2 Å². The molecule has 0 spiro atoms. The highest BCUT2D eigenvalue weighted by molar-refractivity contribution is 9.10. The number of amides is 1. The van der Waals surface area contributed by atoms with E-state index in [0.29, 0.717) is 30.2 Å². The Balaban J connectivity index is 1.37. The van der Waals surface area contributed by atoms with Gasteiger partial charge in [0, 0.05) is 36.0 Å². The highest BCUT2D eigenvalue weighted by atomic mass is 79.9. The fourth-order valence-corrected chi connectivity index (χ4v) is 5.88. The number of hydrogen-bond acceptors (Lipinski definition) is 6. The van der Waals surface area contributed by atoms with Crippen molar-refractivity contribution in [3.8, 4) is 16.9 Å². The summed E-state index contributed by atoms with van der Waals surface area (Å²) in [6.45, 7) is 0.736. The summed E-state index contributed by atoms with van der Waals surface area (Å²) in [4.78, 5) is 19.6. The molecule has 0 aromatic heterocycles. The summed E-state index contributed by atoms with van der Waals surface area (Å²) in [5.41, 5.74) is 9.83. The molecule has 1 amide bonds. The molecule has 1 heterocycles. The Hall–Kier alpha value is -4.83. The second-order valence-corrected chi connectivity index (χ2v) is 12.4. The molecule has 0 radical (unpaired) electrons. The van der Waals surface area contributed by atoms with Crippen molar-refractivity contribution in [3.05, 3.63) is 160 Å². The monoisotopic (exact) mass is 707 g/mol. The fourth-order valence-electron chi connectivity index (χ4n) is 5.61. The Morgan fingerprint density at radius 1 is 0.833 bits per heavy atom. The minimum Gasteiger partial charge on any atom is -0.494 e. The normalized spacial score (nSPS) is 17.0. The highest BCUT2D eigenvalue weighted by Crippen LogP contribution is 2.43. The number of rotatable bonds is 13. The zero-order valence-electron chi connectivity index (χ0n) is 26.1. The van der Waals surface area contributed by atoms with E-state index in [4.69, 9.17) is 19.6 Å². The SMILES string of the molecule is O=C(NNCc1ccc(F)cc1)[C@@]1(Cc2ccc(Br)cc2)N=C(c2ccc(OCCCO)cc2)O[C@H]1c1ccc(-c2ccccc2)cc1. The van der Waals surface area contributed by atoms with E-state index in [-0.39, 0.29) is 31.3 Å². The van der Waals surface area contributed by atoms with Gasteiger partial charge in [0.25, 0.3) is 5.91 Å². The van der Waals surface area contributed by atoms with Crippen LogP contribution in [0.5, 0.6) is 5.75 Å². The maximum absolute atomic E-state index is 14.5. The molecule has 0 fully saturated rings. The van der Waals surface area contributed by atoms with Crippen molar-refractivity contribution < 1.29 is 23.8 Å². The molecule has 6 rings (SSSR count). The third kappa shape index (κ3) is 7.82. The fraction of sp³-hybridized carbons (Fsp3) is 0.179. The van der Waals surface area contributed by atoms with Crippen molar-refractivity contribution in [1.82, 2.24) is 10.9 Å². The van der Waals surface area contributed by atoms with Gasteiger partial charge in [-0.1, -0.05) is 94.8 Å². The molecule has 5 aromatic rings. The lowest BCUT2D eigenvalue weighted by molar-refractivity contribution is -0.130. The van der Waals surface area contributed by atoms with Crippen molar-refractivity contribution in [1.29, 1.82) is 0 Å². The number of hydrazine groups is 1. The molecule has 244 valence electrons. The maximum atomic E-state index is 14.5. The number of aliphatic hydroxyl groups is 1. The minimum atomic E-state index is -1.40. The van der Waals surface area contributed by atoms with E-state index in [1.807, 2.05) is 91.0 Å². The number of benzene rings is 5. The number of halogens is 2. The molecule has 0 saturated carbocycles. The van der Waals surface area contributed by atoms with Gasteiger partial charge in [-0.05, 0) is 76.3 Å². The number of hydrogen-bond donors (Lipinski definition) is 3. The van der Waals surface area contributed by atoms with Gasteiger partial charge in [0.05, 0.1) is 6.61 Å². The molecule has 0 aliphatic carbocycles. The van der Waals surface area contributed by atoms with Gasteiger partial charge in [-0.25, -0.2) is 14.8 Å². The second kappa shape index (κ2) is 15.4. The van der Waals surface area contributed by atoms with Crippen LogP contribution in [0.25, 0.3) is 11.1 Å². The lowest BCUT2D eigenvalue weighted by Gasteiger charge is -2.31. The number of aliphatic hydroxyl groups excluding tert-OH is 1. The molecule has 0 bridgehead atoms. The summed E-state index contributed by atoms with van der Waals surface area (Å²) < 4.78 is 26.8. The zero-order chi connectivity index (χ0) is 33.3. The van der Waals surface area contributed by atoms with E-state index in [9.17, 15) is 9.18 Å². The molecule has 2 atom stereocenters. The summed E-state index contributed by atoms with van der Waals surface area (Å²) in [6, 6.07) is 39.3. The molecular weight excluding hydrogens is 673 g/mol. The average molecular weight is 709 g/mol. The van der Waals surface area contributed by atoms with Crippen LogP contribution in [0.3, 0.4) is 0 Å². The number of carbonyl (C=O) groups is 1. The quantitative estimate of drug-likeness (QED) is 0.0880.